The summed E-state index contributed by atoms with van der Waals surface area (Å²) in [4.78, 5) is 36.2. The maximum absolute atomic E-state index is 12.6. The molecule has 0 aliphatic heterocycles. The lowest BCUT2D eigenvalue weighted by Crippen LogP contribution is -2.30. The quantitative estimate of drug-likeness (QED) is 0.578. The van der Waals surface area contributed by atoms with Crippen LogP contribution in [0.5, 0.6) is 11.5 Å². The van der Waals surface area contributed by atoms with Crippen LogP contribution in [-0.4, -0.2) is 38.5 Å². The molecule has 1 atom stereocenters. The number of aldehydes is 1. The maximum Gasteiger partial charge on any atom is 0.343 e. The first-order chi connectivity index (χ1) is 13.4. The van der Waals surface area contributed by atoms with Crippen molar-refractivity contribution in [1.29, 1.82) is 5.26 Å². The Hall–Kier alpha value is -3.86. The fourth-order valence-electron chi connectivity index (χ4n) is 2.40. The molecule has 8 heteroatoms. The van der Waals surface area contributed by atoms with E-state index in [9.17, 15) is 14.4 Å². The summed E-state index contributed by atoms with van der Waals surface area (Å²) in [6.07, 6.45) is -0.668. The molecule has 0 saturated heterocycles. The van der Waals surface area contributed by atoms with Crippen LogP contribution >= 0.6 is 0 Å². The SMILES string of the molecule is COc1ccc(C=O)c(C(=O)O[C@@H](C)C(=O)Nc2ccc(C#N)cc2)c1OC. The Morgan fingerprint density at radius 2 is 1.79 bits per heavy atom. The molecule has 28 heavy (non-hydrogen) atoms. The highest BCUT2D eigenvalue weighted by molar-refractivity contribution is 6.03. The van der Waals surface area contributed by atoms with Crippen LogP contribution in [-0.2, 0) is 9.53 Å². The van der Waals surface area contributed by atoms with Crippen molar-refractivity contribution in [3.05, 3.63) is 53.1 Å². The third kappa shape index (κ3) is 4.45. The van der Waals surface area contributed by atoms with Crippen molar-refractivity contribution in [2.45, 2.75) is 13.0 Å². The van der Waals surface area contributed by atoms with Crippen LogP contribution in [0.25, 0.3) is 0 Å². The summed E-state index contributed by atoms with van der Waals surface area (Å²) in [5.74, 6) is -1.19. The van der Waals surface area contributed by atoms with E-state index < -0.39 is 18.0 Å². The van der Waals surface area contributed by atoms with Gasteiger partial charge in [-0.15, -0.1) is 0 Å². The minimum Gasteiger partial charge on any atom is -0.493 e. The van der Waals surface area contributed by atoms with Crippen LogP contribution in [0.4, 0.5) is 5.69 Å². The summed E-state index contributed by atoms with van der Waals surface area (Å²) < 4.78 is 15.5. The topological polar surface area (TPSA) is 115 Å². The van der Waals surface area contributed by atoms with Gasteiger partial charge >= 0.3 is 5.97 Å². The molecule has 144 valence electrons. The molecule has 0 heterocycles. The van der Waals surface area contributed by atoms with Gasteiger partial charge in [-0.1, -0.05) is 0 Å². The second-order valence-corrected chi connectivity index (χ2v) is 5.61. The first-order valence-corrected chi connectivity index (χ1v) is 8.17. The van der Waals surface area contributed by atoms with E-state index >= 15 is 0 Å². The number of anilines is 1. The van der Waals surface area contributed by atoms with Crippen LogP contribution in [0.2, 0.25) is 0 Å². The van der Waals surface area contributed by atoms with Gasteiger partial charge in [-0.05, 0) is 43.3 Å². The monoisotopic (exact) mass is 382 g/mol. The van der Waals surface area contributed by atoms with E-state index in [0.29, 0.717) is 17.5 Å². The van der Waals surface area contributed by atoms with Gasteiger partial charge in [0.1, 0.15) is 5.56 Å². The molecule has 1 amide bonds. The molecule has 0 saturated carbocycles. The van der Waals surface area contributed by atoms with Gasteiger partial charge < -0.3 is 19.5 Å². The fourth-order valence-corrected chi connectivity index (χ4v) is 2.40. The predicted molar refractivity (Wildman–Crippen MR) is 99.6 cm³/mol. The van der Waals surface area contributed by atoms with Gasteiger partial charge in [0.2, 0.25) is 0 Å². The Labute approximate surface area is 161 Å². The minimum atomic E-state index is -1.15. The summed E-state index contributed by atoms with van der Waals surface area (Å²) in [6.45, 7) is 1.39. The highest BCUT2D eigenvalue weighted by atomic mass is 16.6. The average molecular weight is 382 g/mol. The van der Waals surface area contributed by atoms with Crippen LogP contribution in [0.1, 0.15) is 33.2 Å². The molecular formula is C20H18N2O6. The number of methoxy groups -OCH3 is 2. The summed E-state index contributed by atoms with van der Waals surface area (Å²) in [7, 11) is 2.71. The molecule has 0 aliphatic rings. The lowest BCUT2D eigenvalue weighted by Gasteiger charge is -2.17. The van der Waals surface area contributed by atoms with Gasteiger partial charge in [-0.2, -0.15) is 5.26 Å². The van der Waals surface area contributed by atoms with Crippen molar-refractivity contribution in [3.8, 4) is 17.6 Å². The highest BCUT2D eigenvalue weighted by Gasteiger charge is 2.26. The number of nitriles is 1. The van der Waals surface area contributed by atoms with Crippen LogP contribution in [0, 0.1) is 11.3 Å². The molecule has 0 spiro atoms. The standard InChI is InChI=1S/C20H18N2O6/c1-12(19(24)22-15-7-4-13(10-21)5-8-15)28-20(25)17-14(11-23)6-9-16(26-2)18(17)27-3/h4-9,11-12H,1-3H3,(H,22,24)/t12-/m0/s1. The summed E-state index contributed by atoms with van der Waals surface area (Å²) >= 11 is 0. The summed E-state index contributed by atoms with van der Waals surface area (Å²) in [5, 5.41) is 11.4. The molecule has 0 aliphatic carbocycles. The van der Waals surface area contributed by atoms with Crippen molar-refractivity contribution >= 4 is 23.9 Å². The normalized spacial score (nSPS) is 10.9. The molecule has 0 aromatic heterocycles. The van der Waals surface area contributed by atoms with E-state index in [-0.39, 0.29) is 22.6 Å². The second-order valence-electron chi connectivity index (χ2n) is 5.61. The maximum atomic E-state index is 12.6. The van der Waals surface area contributed by atoms with Crippen molar-refractivity contribution in [2.75, 3.05) is 19.5 Å². The first-order valence-electron chi connectivity index (χ1n) is 8.17. The van der Waals surface area contributed by atoms with E-state index in [0.717, 1.165) is 0 Å². The molecule has 8 nitrogen and oxygen atoms in total. The van der Waals surface area contributed by atoms with E-state index in [1.54, 1.807) is 24.3 Å². The number of hydrogen-bond acceptors (Lipinski definition) is 7. The van der Waals surface area contributed by atoms with E-state index in [1.807, 2.05) is 6.07 Å². The van der Waals surface area contributed by atoms with Crippen molar-refractivity contribution < 1.29 is 28.6 Å². The molecule has 1 N–H and O–H groups in total. The molecular weight excluding hydrogens is 364 g/mol. The Kier molecular flexibility index (Phi) is 6.71. The molecule has 2 aromatic rings. The minimum absolute atomic E-state index is 0.0387. The van der Waals surface area contributed by atoms with Crippen molar-refractivity contribution in [2.24, 2.45) is 0 Å². The number of nitrogens with one attached hydrogen (secondary N) is 1. The van der Waals surface area contributed by atoms with E-state index in [2.05, 4.69) is 5.32 Å². The van der Waals surface area contributed by atoms with E-state index in [1.165, 1.54) is 33.3 Å². The summed E-state index contributed by atoms with van der Waals surface area (Å²) in [5.41, 5.74) is 0.806. The van der Waals surface area contributed by atoms with Gasteiger partial charge in [-0.25, -0.2) is 4.79 Å². The van der Waals surface area contributed by atoms with Crippen LogP contribution in [0.3, 0.4) is 0 Å². The Morgan fingerprint density at radius 3 is 2.32 bits per heavy atom. The highest BCUT2D eigenvalue weighted by Crippen LogP contribution is 2.33. The third-order valence-corrected chi connectivity index (χ3v) is 3.84. The number of amides is 1. The van der Waals surface area contributed by atoms with Crippen LogP contribution in [0.15, 0.2) is 36.4 Å². The summed E-state index contributed by atoms with van der Waals surface area (Å²) in [6, 6.07) is 11.1. The first kappa shape index (κ1) is 20.5. The van der Waals surface area contributed by atoms with Gasteiger partial charge in [0, 0.05) is 11.3 Å². The molecule has 0 radical (unpaired) electrons. The molecule has 0 fully saturated rings. The Bertz CT molecular complexity index is 931. The molecule has 2 aromatic carbocycles. The van der Waals surface area contributed by atoms with Gasteiger partial charge in [0.05, 0.1) is 25.9 Å². The third-order valence-electron chi connectivity index (χ3n) is 3.84. The van der Waals surface area contributed by atoms with Crippen LogP contribution < -0.4 is 14.8 Å². The van der Waals surface area contributed by atoms with Gasteiger partial charge in [0.25, 0.3) is 5.91 Å². The zero-order valence-corrected chi connectivity index (χ0v) is 15.5. The largest absolute Gasteiger partial charge is 0.493 e. The number of ether oxygens (including phenoxy) is 3. The van der Waals surface area contributed by atoms with Gasteiger partial charge in [0.15, 0.2) is 23.9 Å². The Balaban J connectivity index is 2.18. The second kappa shape index (κ2) is 9.19. The number of benzene rings is 2. The number of esters is 1. The number of nitrogens with zero attached hydrogens (tertiary/aromatic N) is 1. The lowest BCUT2D eigenvalue weighted by molar-refractivity contribution is -0.123. The average Bonchev–Trinajstić information content (AvgIpc) is 2.72. The molecule has 0 bridgehead atoms. The number of carbonyl (C=O) groups excluding carboxylic acids is 3. The van der Waals surface area contributed by atoms with E-state index in [4.69, 9.17) is 19.5 Å². The van der Waals surface area contributed by atoms with Crippen molar-refractivity contribution in [3.63, 3.8) is 0 Å². The predicted octanol–water partition coefficient (Wildman–Crippen LogP) is 2.57. The molecule has 0 unspecified atom stereocenters. The smallest absolute Gasteiger partial charge is 0.343 e. The fraction of sp³-hybridized carbons (Fsp3) is 0.200. The number of rotatable bonds is 7. The van der Waals surface area contributed by atoms with Gasteiger partial charge in [-0.3, -0.25) is 9.59 Å². The lowest BCUT2D eigenvalue weighted by atomic mass is 10.1. The zero-order valence-electron chi connectivity index (χ0n) is 15.5. The molecule has 2 rings (SSSR count). The number of hydrogen-bond donors (Lipinski definition) is 1. The Morgan fingerprint density at radius 1 is 1.11 bits per heavy atom. The van der Waals surface area contributed by atoms with Crippen molar-refractivity contribution in [1.82, 2.24) is 0 Å². The zero-order chi connectivity index (χ0) is 20.7. The number of carbonyl (C=O) groups is 3.